The summed E-state index contributed by atoms with van der Waals surface area (Å²) < 4.78 is 0. The summed E-state index contributed by atoms with van der Waals surface area (Å²) in [6, 6.07) is 5.11. The molecule has 6 nitrogen and oxygen atoms in total. The van der Waals surface area contributed by atoms with Crippen LogP contribution < -0.4 is 5.32 Å². The van der Waals surface area contributed by atoms with Gasteiger partial charge in [0.2, 0.25) is 5.91 Å². The van der Waals surface area contributed by atoms with E-state index in [1.54, 1.807) is 32.3 Å². The average Bonchev–Trinajstić information content (AvgIpc) is 2.43. The predicted molar refractivity (Wildman–Crippen MR) is 86.4 cm³/mol. The SMILES string of the molecule is Cc1ccc(NC(=O)CC2(C(=O)O)CCC2)cc1C(=O)N(C)C. The van der Waals surface area contributed by atoms with Gasteiger partial charge in [0.25, 0.3) is 5.91 Å². The molecule has 0 heterocycles. The third-order valence-corrected chi connectivity index (χ3v) is 4.42. The van der Waals surface area contributed by atoms with Gasteiger partial charge in [-0.05, 0) is 37.5 Å². The minimum Gasteiger partial charge on any atom is -0.481 e. The van der Waals surface area contributed by atoms with E-state index in [-0.39, 0.29) is 18.2 Å². The van der Waals surface area contributed by atoms with E-state index in [1.807, 2.05) is 6.92 Å². The fraction of sp³-hybridized carbons (Fsp3) is 0.471. The zero-order valence-corrected chi connectivity index (χ0v) is 13.7. The lowest BCUT2D eigenvalue weighted by Gasteiger charge is -2.36. The minimum atomic E-state index is -0.920. The molecule has 0 saturated heterocycles. The van der Waals surface area contributed by atoms with Crippen LogP contribution in [-0.2, 0) is 9.59 Å². The summed E-state index contributed by atoms with van der Waals surface area (Å²) in [4.78, 5) is 37.1. The van der Waals surface area contributed by atoms with Crippen LogP contribution in [0.3, 0.4) is 0 Å². The number of hydrogen-bond acceptors (Lipinski definition) is 3. The summed E-state index contributed by atoms with van der Waals surface area (Å²) in [7, 11) is 3.33. The second-order valence-electron chi connectivity index (χ2n) is 6.39. The number of carbonyl (C=O) groups is 3. The zero-order chi connectivity index (χ0) is 17.2. The molecule has 23 heavy (non-hydrogen) atoms. The van der Waals surface area contributed by atoms with Gasteiger partial charge in [0.15, 0.2) is 0 Å². The highest BCUT2D eigenvalue weighted by Crippen LogP contribution is 2.44. The average molecular weight is 318 g/mol. The van der Waals surface area contributed by atoms with Crippen molar-refractivity contribution in [1.82, 2.24) is 4.90 Å². The van der Waals surface area contributed by atoms with Gasteiger partial charge in [0.05, 0.1) is 5.41 Å². The predicted octanol–water partition coefficient (Wildman–Crippen LogP) is 2.28. The molecule has 0 spiro atoms. The van der Waals surface area contributed by atoms with Gasteiger partial charge in [-0.25, -0.2) is 0 Å². The van der Waals surface area contributed by atoms with Gasteiger partial charge in [-0.15, -0.1) is 0 Å². The molecule has 0 bridgehead atoms. The van der Waals surface area contributed by atoms with Crippen LogP contribution in [0, 0.1) is 12.3 Å². The Morgan fingerprint density at radius 3 is 2.39 bits per heavy atom. The third-order valence-electron chi connectivity index (χ3n) is 4.42. The van der Waals surface area contributed by atoms with E-state index < -0.39 is 11.4 Å². The van der Waals surface area contributed by atoms with Crippen molar-refractivity contribution < 1.29 is 19.5 Å². The molecule has 6 heteroatoms. The number of amides is 2. The Morgan fingerprint density at radius 2 is 1.91 bits per heavy atom. The summed E-state index contributed by atoms with van der Waals surface area (Å²) in [5.41, 5.74) is 0.926. The molecule has 0 radical (unpaired) electrons. The summed E-state index contributed by atoms with van der Waals surface area (Å²) >= 11 is 0. The van der Waals surface area contributed by atoms with E-state index in [1.165, 1.54) is 4.90 Å². The molecule has 1 aliphatic rings. The Bertz CT molecular complexity index is 648. The van der Waals surface area contributed by atoms with Gasteiger partial charge in [0.1, 0.15) is 0 Å². The Morgan fingerprint density at radius 1 is 1.26 bits per heavy atom. The molecule has 0 aliphatic heterocycles. The minimum absolute atomic E-state index is 0.0346. The standard InChI is InChI=1S/C17H22N2O4/c1-11-5-6-12(9-13(11)15(21)19(2)3)18-14(20)10-17(16(22)23)7-4-8-17/h5-6,9H,4,7-8,10H2,1-3H3,(H,18,20)(H,22,23). The molecule has 0 aromatic heterocycles. The van der Waals surface area contributed by atoms with E-state index >= 15 is 0 Å². The van der Waals surface area contributed by atoms with Crippen molar-refractivity contribution >= 4 is 23.5 Å². The van der Waals surface area contributed by atoms with Crippen LogP contribution in [0.2, 0.25) is 0 Å². The smallest absolute Gasteiger partial charge is 0.310 e. The van der Waals surface area contributed by atoms with E-state index in [0.29, 0.717) is 24.1 Å². The van der Waals surface area contributed by atoms with Crippen LogP contribution in [-0.4, -0.2) is 41.9 Å². The number of benzene rings is 1. The van der Waals surface area contributed by atoms with Gasteiger partial charge in [-0.2, -0.15) is 0 Å². The number of anilines is 1. The first-order valence-electron chi connectivity index (χ1n) is 7.61. The fourth-order valence-corrected chi connectivity index (χ4v) is 2.75. The van der Waals surface area contributed by atoms with Crippen LogP contribution in [0.1, 0.15) is 41.6 Å². The van der Waals surface area contributed by atoms with E-state index in [9.17, 15) is 19.5 Å². The number of carboxylic acids is 1. The van der Waals surface area contributed by atoms with Crippen LogP contribution in [0.25, 0.3) is 0 Å². The van der Waals surface area contributed by atoms with Gasteiger partial charge in [-0.1, -0.05) is 12.5 Å². The lowest BCUT2D eigenvalue weighted by Crippen LogP contribution is -2.41. The molecule has 0 atom stereocenters. The Kier molecular flexibility index (Phi) is 4.73. The molecule has 1 aromatic rings. The highest BCUT2D eigenvalue weighted by Gasteiger charge is 2.45. The summed E-state index contributed by atoms with van der Waals surface area (Å²) in [6.45, 7) is 1.83. The van der Waals surface area contributed by atoms with Crippen LogP contribution >= 0.6 is 0 Å². The van der Waals surface area contributed by atoms with Crippen LogP contribution in [0.5, 0.6) is 0 Å². The lowest BCUT2D eigenvalue weighted by molar-refractivity contribution is -0.157. The first-order valence-corrected chi connectivity index (χ1v) is 7.61. The first-order chi connectivity index (χ1) is 10.7. The first kappa shape index (κ1) is 17.0. The fourth-order valence-electron chi connectivity index (χ4n) is 2.75. The number of nitrogens with zero attached hydrogens (tertiary/aromatic N) is 1. The molecule has 0 unspecified atom stereocenters. The summed E-state index contributed by atoms with van der Waals surface area (Å²) in [5, 5.41) is 12.0. The molecular formula is C17H22N2O4. The molecule has 2 amide bonds. The highest BCUT2D eigenvalue weighted by atomic mass is 16.4. The maximum absolute atomic E-state index is 12.2. The van der Waals surface area contributed by atoms with Crippen molar-refractivity contribution in [3.05, 3.63) is 29.3 Å². The van der Waals surface area contributed by atoms with E-state index in [0.717, 1.165) is 12.0 Å². The maximum atomic E-state index is 12.2. The quantitative estimate of drug-likeness (QED) is 0.872. The van der Waals surface area contributed by atoms with Gasteiger partial charge >= 0.3 is 5.97 Å². The normalized spacial score (nSPS) is 15.4. The summed E-state index contributed by atoms with van der Waals surface area (Å²) in [6.07, 6.45) is 1.88. The van der Waals surface area contributed by atoms with Crippen LogP contribution in [0.15, 0.2) is 18.2 Å². The number of hydrogen-bond donors (Lipinski definition) is 2. The number of carbonyl (C=O) groups excluding carboxylic acids is 2. The summed E-state index contributed by atoms with van der Waals surface area (Å²) in [5.74, 6) is -1.38. The molecule has 1 saturated carbocycles. The number of rotatable bonds is 5. The Labute approximate surface area is 135 Å². The van der Waals surface area contributed by atoms with E-state index in [4.69, 9.17) is 0 Å². The molecule has 1 fully saturated rings. The van der Waals surface area contributed by atoms with Crippen molar-refractivity contribution in [2.24, 2.45) is 5.41 Å². The van der Waals surface area contributed by atoms with Crippen molar-refractivity contribution in [3.8, 4) is 0 Å². The molecule has 2 N–H and O–H groups in total. The van der Waals surface area contributed by atoms with Gasteiger partial charge < -0.3 is 15.3 Å². The second-order valence-corrected chi connectivity index (χ2v) is 6.39. The third kappa shape index (κ3) is 3.52. The second kappa shape index (κ2) is 6.40. The Balaban J connectivity index is 2.11. The topological polar surface area (TPSA) is 86.7 Å². The monoisotopic (exact) mass is 318 g/mol. The van der Waals surface area contributed by atoms with Crippen molar-refractivity contribution in [1.29, 1.82) is 0 Å². The van der Waals surface area contributed by atoms with Crippen molar-refractivity contribution in [2.45, 2.75) is 32.6 Å². The number of aliphatic carboxylic acids is 1. The number of aryl methyl sites for hydroxylation is 1. The van der Waals surface area contributed by atoms with Crippen molar-refractivity contribution in [2.75, 3.05) is 19.4 Å². The molecule has 1 aromatic carbocycles. The van der Waals surface area contributed by atoms with Crippen LogP contribution in [0.4, 0.5) is 5.69 Å². The highest BCUT2D eigenvalue weighted by molar-refractivity contribution is 5.99. The van der Waals surface area contributed by atoms with E-state index in [2.05, 4.69) is 5.32 Å². The molecule has 2 rings (SSSR count). The molecule has 1 aliphatic carbocycles. The zero-order valence-electron chi connectivity index (χ0n) is 13.7. The van der Waals surface area contributed by atoms with Gasteiger partial charge in [-0.3, -0.25) is 14.4 Å². The maximum Gasteiger partial charge on any atom is 0.310 e. The number of nitrogens with one attached hydrogen (secondary N) is 1. The van der Waals surface area contributed by atoms with Gasteiger partial charge in [0, 0.05) is 31.8 Å². The largest absolute Gasteiger partial charge is 0.481 e. The molecular weight excluding hydrogens is 296 g/mol. The molecule has 124 valence electrons. The Hall–Kier alpha value is -2.37. The lowest BCUT2D eigenvalue weighted by atomic mass is 9.66. The van der Waals surface area contributed by atoms with Crippen molar-refractivity contribution in [3.63, 3.8) is 0 Å². The number of carboxylic acid groups (broad SMARTS) is 1.